The molecule has 0 atom stereocenters. The van der Waals surface area contributed by atoms with Crippen LogP contribution in [0.1, 0.15) is 47.9 Å². The molecule has 2 aromatic rings. The average Bonchev–Trinajstić information content (AvgIpc) is 3.28. The van der Waals surface area contributed by atoms with Crippen LogP contribution in [0.3, 0.4) is 0 Å². The average molecular weight is 435 g/mol. The summed E-state index contributed by atoms with van der Waals surface area (Å²) < 4.78 is 5.91. The largest absolute Gasteiger partial charge is 0.478 e. The Labute approximate surface area is 191 Å². The second-order valence-corrected chi connectivity index (χ2v) is 9.31. The van der Waals surface area contributed by atoms with E-state index in [1.165, 1.54) is 24.9 Å². The molecule has 0 unspecified atom stereocenters. The van der Waals surface area contributed by atoms with Crippen molar-refractivity contribution in [3.8, 4) is 5.88 Å². The van der Waals surface area contributed by atoms with Crippen molar-refractivity contribution in [3.05, 3.63) is 46.5 Å². The first kappa shape index (κ1) is 21.3. The highest BCUT2D eigenvalue weighted by molar-refractivity contribution is 5.93. The van der Waals surface area contributed by atoms with E-state index in [0.717, 1.165) is 63.1 Å². The maximum absolute atomic E-state index is 11.6. The third-order valence-corrected chi connectivity index (χ3v) is 7.14. The number of aromatic nitrogens is 1. The van der Waals surface area contributed by atoms with Gasteiger partial charge in [-0.25, -0.2) is 0 Å². The van der Waals surface area contributed by atoms with E-state index in [-0.39, 0.29) is 5.91 Å². The van der Waals surface area contributed by atoms with E-state index in [4.69, 9.17) is 4.74 Å². The van der Waals surface area contributed by atoms with Gasteiger partial charge in [-0.3, -0.25) is 9.69 Å². The Morgan fingerprint density at radius 1 is 1.03 bits per heavy atom. The number of nitrogens with one attached hydrogen (secondary N) is 1. The lowest BCUT2D eigenvalue weighted by molar-refractivity contribution is -0.116. The maximum Gasteiger partial charge on any atom is 0.225 e. The summed E-state index contributed by atoms with van der Waals surface area (Å²) in [5.41, 5.74) is 6.93. The lowest BCUT2D eigenvalue weighted by Gasteiger charge is -2.37. The number of unbranched alkanes of at least 4 members (excludes halogenated alkanes) is 1. The van der Waals surface area contributed by atoms with Crippen molar-refractivity contribution in [2.75, 3.05) is 49.5 Å². The van der Waals surface area contributed by atoms with Crippen molar-refractivity contribution in [1.82, 2.24) is 9.88 Å². The molecule has 1 aromatic carbocycles. The monoisotopic (exact) mass is 434 g/mol. The molecule has 1 fully saturated rings. The number of fused-ring (bicyclic) bond motifs is 2. The van der Waals surface area contributed by atoms with Gasteiger partial charge in [-0.15, -0.1) is 0 Å². The van der Waals surface area contributed by atoms with Gasteiger partial charge in [0.15, 0.2) is 0 Å². The van der Waals surface area contributed by atoms with E-state index in [9.17, 15) is 4.79 Å². The fraction of sp³-hybridized carbons (Fsp3) is 0.538. The number of amides is 1. The van der Waals surface area contributed by atoms with Gasteiger partial charge < -0.3 is 15.0 Å². The summed E-state index contributed by atoms with van der Waals surface area (Å²) in [5.74, 6) is 1.34. The van der Waals surface area contributed by atoms with Gasteiger partial charge in [0.2, 0.25) is 11.8 Å². The number of carbonyl (C=O) groups is 1. The van der Waals surface area contributed by atoms with E-state index >= 15 is 0 Å². The van der Waals surface area contributed by atoms with Gasteiger partial charge >= 0.3 is 0 Å². The number of hydrogen-bond donors (Lipinski definition) is 1. The third-order valence-electron chi connectivity index (χ3n) is 7.14. The first-order valence-electron chi connectivity index (χ1n) is 12.2. The molecule has 1 N–H and O–H groups in total. The van der Waals surface area contributed by atoms with Crippen LogP contribution < -0.4 is 15.0 Å². The number of anilines is 2. The van der Waals surface area contributed by atoms with Crippen molar-refractivity contribution in [1.29, 1.82) is 0 Å². The SMILES string of the molecule is Cc1cc(OCCCCN2CCN(c3cccc4c3CCC4)CC2)nc2c1CCC(=O)N2. The fourth-order valence-corrected chi connectivity index (χ4v) is 5.32. The van der Waals surface area contributed by atoms with Crippen LogP contribution in [0.2, 0.25) is 0 Å². The van der Waals surface area contributed by atoms with Crippen LogP contribution >= 0.6 is 0 Å². The molecule has 6 nitrogen and oxygen atoms in total. The minimum Gasteiger partial charge on any atom is -0.478 e. The first-order valence-corrected chi connectivity index (χ1v) is 12.2. The number of pyridine rings is 1. The Hall–Kier alpha value is -2.60. The molecule has 1 aliphatic carbocycles. The molecule has 3 aliphatic rings. The number of nitrogens with zero attached hydrogens (tertiary/aromatic N) is 3. The smallest absolute Gasteiger partial charge is 0.225 e. The summed E-state index contributed by atoms with van der Waals surface area (Å²) in [4.78, 5) is 21.3. The number of rotatable bonds is 7. The van der Waals surface area contributed by atoms with Crippen LogP contribution in [0.15, 0.2) is 24.3 Å². The normalized spacial score (nSPS) is 18.3. The number of aryl methyl sites for hydroxylation is 2. The number of ether oxygens (including phenoxy) is 1. The van der Waals surface area contributed by atoms with Gasteiger partial charge in [0, 0.05) is 44.4 Å². The Bertz CT molecular complexity index is 982. The van der Waals surface area contributed by atoms with E-state index < -0.39 is 0 Å². The summed E-state index contributed by atoms with van der Waals surface area (Å²) in [5, 5.41) is 2.87. The third kappa shape index (κ3) is 4.60. The molecule has 170 valence electrons. The molecule has 1 saturated heterocycles. The van der Waals surface area contributed by atoms with E-state index in [1.54, 1.807) is 11.1 Å². The Morgan fingerprint density at radius 3 is 2.78 bits per heavy atom. The molecule has 2 aliphatic heterocycles. The second-order valence-electron chi connectivity index (χ2n) is 9.31. The Balaban J connectivity index is 1.04. The van der Waals surface area contributed by atoms with Gasteiger partial charge in [-0.2, -0.15) is 4.98 Å². The van der Waals surface area contributed by atoms with Gasteiger partial charge in [-0.05, 0) is 80.3 Å². The van der Waals surface area contributed by atoms with Crippen LogP contribution in [0.5, 0.6) is 5.88 Å². The van der Waals surface area contributed by atoms with E-state index in [1.807, 2.05) is 6.07 Å². The van der Waals surface area contributed by atoms with E-state index in [2.05, 4.69) is 45.2 Å². The Morgan fingerprint density at radius 2 is 1.91 bits per heavy atom. The quantitative estimate of drug-likeness (QED) is 0.673. The summed E-state index contributed by atoms with van der Waals surface area (Å²) in [6, 6.07) is 8.86. The molecular weight excluding hydrogens is 400 g/mol. The molecular formula is C26H34N4O2. The van der Waals surface area contributed by atoms with Crippen molar-refractivity contribution in [2.24, 2.45) is 0 Å². The van der Waals surface area contributed by atoms with Crippen molar-refractivity contribution in [2.45, 2.75) is 51.9 Å². The highest BCUT2D eigenvalue weighted by Gasteiger charge is 2.22. The highest BCUT2D eigenvalue weighted by Crippen LogP contribution is 2.32. The number of hydrogen-bond acceptors (Lipinski definition) is 5. The lowest BCUT2D eigenvalue weighted by Crippen LogP contribution is -2.47. The molecule has 1 amide bonds. The van der Waals surface area contributed by atoms with Gasteiger partial charge in [0.25, 0.3) is 0 Å². The van der Waals surface area contributed by atoms with Crippen LogP contribution in [0.4, 0.5) is 11.5 Å². The van der Waals surface area contributed by atoms with Crippen molar-refractivity contribution >= 4 is 17.4 Å². The second kappa shape index (κ2) is 9.49. The molecule has 3 heterocycles. The molecule has 6 heteroatoms. The highest BCUT2D eigenvalue weighted by atomic mass is 16.5. The Kier molecular flexibility index (Phi) is 6.30. The van der Waals surface area contributed by atoms with Gasteiger partial charge in [-0.1, -0.05) is 12.1 Å². The topological polar surface area (TPSA) is 57.7 Å². The van der Waals surface area contributed by atoms with Crippen molar-refractivity contribution < 1.29 is 9.53 Å². The standard InChI is InChI=1S/C26H34N4O2/c1-19-18-25(28-26-21(19)10-11-24(31)27-26)32-17-3-2-12-29-13-15-30(16-14-29)23-9-5-7-20-6-4-8-22(20)23/h5,7,9,18H,2-4,6,8,10-17H2,1H3,(H,27,28,31). The van der Waals surface area contributed by atoms with Crippen LogP contribution in [0, 0.1) is 6.92 Å². The van der Waals surface area contributed by atoms with Crippen LogP contribution in [0.25, 0.3) is 0 Å². The van der Waals surface area contributed by atoms with Gasteiger partial charge in [0.05, 0.1) is 6.61 Å². The zero-order chi connectivity index (χ0) is 21.9. The predicted molar refractivity (Wildman–Crippen MR) is 128 cm³/mol. The zero-order valence-corrected chi connectivity index (χ0v) is 19.2. The summed E-state index contributed by atoms with van der Waals surface area (Å²) >= 11 is 0. The molecule has 1 aromatic heterocycles. The fourth-order valence-electron chi connectivity index (χ4n) is 5.32. The number of benzene rings is 1. The number of piperazine rings is 1. The molecule has 0 bridgehead atoms. The maximum atomic E-state index is 11.6. The lowest BCUT2D eigenvalue weighted by atomic mass is 10.0. The van der Waals surface area contributed by atoms with Crippen molar-refractivity contribution in [3.63, 3.8) is 0 Å². The summed E-state index contributed by atoms with van der Waals surface area (Å²) in [7, 11) is 0. The van der Waals surface area contributed by atoms with Gasteiger partial charge in [0.1, 0.15) is 5.82 Å². The first-order chi connectivity index (χ1) is 15.7. The molecule has 0 saturated carbocycles. The minimum atomic E-state index is 0.0401. The molecule has 32 heavy (non-hydrogen) atoms. The summed E-state index contributed by atoms with van der Waals surface area (Å²) in [6.07, 6.45) is 7.25. The molecule has 0 radical (unpaired) electrons. The van der Waals surface area contributed by atoms with Crippen LogP contribution in [-0.2, 0) is 24.1 Å². The molecule has 5 rings (SSSR count). The number of carbonyl (C=O) groups excluding carboxylic acids is 1. The van der Waals surface area contributed by atoms with E-state index in [0.29, 0.717) is 24.7 Å². The predicted octanol–water partition coefficient (Wildman–Crippen LogP) is 3.74. The minimum absolute atomic E-state index is 0.0401. The molecule has 0 spiro atoms. The summed E-state index contributed by atoms with van der Waals surface area (Å²) in [6.45, 7) is 8.36. The zero-order valence-electron chi connectivity index (χ0n) is 19.2. The van der Waals surface area contributed by atoms with Crippen LogP contribution in [-0.4, -0.2) is 55.1 Å².